The molecule has 2 aromatic rings. The Balaban J connectivity index is 1.86. The van der Waals surface area contributed by atoms with E-state index in [9.17, 15) is 0 Å². The molecule has 0 aliphatic heterocycles. The summed E-state index contributed by atoms with van der Waals surface area (Å²) in [4.78, 5) is 12.5. The Morgan fingerprint density at radius 3 is 2.65 bits per heavy atom. The van der Waals surface area contributed by atoms with Crippen molar-refractivity contribution < 1.29 is 4.74 Å². The van der Waals surface area contributed by atoms with Crippen LogP contribution in [0.5, 0.6) is 6.01 Å². The average molecular weight is 278 g/mol. The first-order valence-electron chi connectivity index (χ1n) is 6.43. The Hall–Kier alpha value is -2.45. The van der Waals surface area contributed by atoms with Crippen molar-refractivity contribution in [2.24, 2.45) is 0 Å². The highest BCUT2D eigenvalue weighted by Crippen LogP contribution is 2.10. The van der Waals surface area contributed by atoms with Gasteiger partial charge in [-0.2, -0.15) is 15.0 Å². The number of anilines is 2. The third-order valence-corrected chi connectivity index (χ3v) is 2.45. The summed E-state index contributed by atoms with van der Waals surface area (Å²) in [7, 11) is 1.53. The lowest BCUT2D eigenvalue weighted by Crippen LogP contribution is -2.12. The maximum Gasteiger partial charge on any atom is 0.322 e. The third-order valence-electron chi connectivity index (χ3n) is 2.45. The Morgan fingerprint density at radius 2 is 2.00 bits per heavy atom. The average Bonchev–Trinajstić information content (AvgIpc) is 2.97. The Morgan fingerprint density at radius 1 is 1.20 bits per heavy atom. The van der Waals surface area contributed by atoms with Crippen LogP contribution in [0.15, 0.2) is 12.4 Å². The number of aryl methyl sites for hydroxylation is 1. The number of aromatic nitrogens is 6. The smallest absolute Gasteiger partial charge is 0.322 e. The normalized spacial score (nSPS) is 10.3. The van der Waals surface area contributed by atoms with E-state index in [1.807, 2.05) is 13.1 Å². The van der Waals surface area contributed by atoms with Gasteiger partial charge < -0.3 is 15.4 Å². The van der Waals surface area contributed by atoms with Gasteiger partial charge in [0.25, 0.3) is 0 Å². The van der Waals surface area contributed by atoms with Crippen LogP contribution in [0.25, 0.3) is 0 Å². The fourth-order valence-corrected chi connectivity index (χ4v) is 1.56. The van der Waals surface area contributed by atoms with Gasteiger partial charge in [-0.3, -0.25) is 4.68 Å². The zero-order valence-electron chi connectivity index (χ0n) is 11.6. The first-order valence-corrected chi connectivity index (χ1v) is 6.43. The van der Waals surface area contributed by atoms with Gasteiger partial charge in [-0.1, -0.05) is 5.21 Å². The fraction of sp³-hybridized carbons (Fsp3) is 0.545. The lowest BCUT2D eigenvalue weighted by molar-refractivity contribution is 0.379. The topological polar surface area (TPSA) is 103 Å². The van der Waals surface area contributed by atoms with Crippen LogP contribution >= 0.6 is 0 Å². The van der Waals surface area contributed by atoms with E-state index in [0.717, 1.165) is 26.1 Å². The molecule has 0 radical (unpaired) electrons. The number of ether oxygens (including phenoxy) is 1. The molecule has 0 aromatic carbocycles. The van der Waals surface area contributed by atoms with Gasteiger partial charge in [-0.15, -0.1) is 5.10 Å². The molecule has 20 heavy (non-hydrogen) atoms. The highest BCUT2D eigenvalue weighted by atomic mass is 16.5. The van der Waals surface area contributed by atoms with Crippen LogP contribution in [0, 0.1) is 0 Å². The van der Waals surface area contributed by atoms with E-state index >= 15 is 0 Å². The van der Waals surface area contributed by atoms with Gasteiger partial charge in [0.05, 0.1) is 13.3 Å². The van der Waals surface area contributed by atoms with Crippen LogP contribution in [0.2, 0.25) is 0 Å². The molecule has 0 saturated heterocycles. The summed E-state index contributed by atoms with van der Waals surface area (Å²) >= 11 is 0. The minimum absolute atomic E-state index is 0.287. The van der Waals surface area contributed by atoms with Crippen molar-refractivity contribution in [2.75, 3.05) is 30.8 Å². The molecular formula is C11H18N8O. The van der Waals surface area contributed by atoms with E-state index in [-0.39, 0.29) is 6.01 Å². The SMILES string of the molecule is CCNc1nc(NCCCn2ccnn2)nc(OC)n1. The first kappa shape index (κ1) is 14.0. The van der Waals surface area contributed by atoms with Gasteiger partial charge in [0.15, 0.2) is 0 Å². The third kappa shape index (κ3) is 4.04. The van der Waals surface area contributed by atoms with Crippen LogP contribution in [-0.2, 0) is 6.54 Å². The second-order valence-corrected chi connectivity index (χ2v) is 3.95. The molecule has 2 aromatic heterocycles. The van der Waals surface area contributed by atoms with E-state index in [4.69, 9.17) is 4.74 Å². The standard InChI is InChI=1S/C11H18N8O/c1-3-12-9-15-10(17-11(16-9)20-2)13-5-4-7-19-8-6-14-18-19/h6,8H,3-5,7H2,1-2H3,(H2,12,13,15,16,17). The highest BCUT2D eigenvalue weighted by molar-refractivity contribution is 5.35. The minimum Gasteiger partial charge on any atom is -0.467 e. The molecule has 2 rings (SSSR count). The zero-order chi connectivity index (χ0) is 14.2. The van der Waals surface area contributed by atoms with Crippen LogP contribution in [0.3, 0.4) is 0 Å². The minimum atomic E-state index is 0.287. The number of hydrogen-bond donors (Lipinski definition) is 2. The molecule has 0 atom stereocenters. The Kier molecular flexibility index (Phi) is 5.04. The summed E-state index contributed by atoms with van der Waals surface area (Å²) in [5, 5.41) is 13.8. The largest absolute Gasteiger partial charge is 0.467 e. The first-order chi connectivity index (χ1) is 9.81. The molecule has 0 unspecified atom stereocenters. The molecule has 2 N–H and O–H groups in total. The van der Waals surface area contributed by atoms with Crippen LogP contribution in [0.1, 0.15) is 13.3 Å². The van der Waals surface area contributed by atoms with Crippen LogP contribution in [-0.4, -0.2) is 50.1 Å². The lowest BCUT2D eigenvalue weighted by Gasteiger charge is -2.08. The van der Waals surface area contributed by atoms with Crippen LogP contribution < -0.4 is 15.4 Å². The van der Waals surface area contributed by atoms with Crippen molar-refractivity contribution in [3.8, 4) is 6.01 Å². The van der Waals surface area contributed by atoms with E-state index < -0.39 is 0 Å². The highest BCUT2D eigenvalue weighted by Gasteiger charge is 2.05. The fourth-order valence-electron chi connectivity index (χ4n) is 1.56. The van der Waals surface area contributed by atoms with E-state index in [2.05, 4.69) is 35.9 Å². The lowest BCUT2D eigenvalue weighted by atomic mass is 10.4. The van der Waals surface area contributed by atoms with E-state index in [1.165, 1.54) is 7.11 Å². The second-order valence-electron chi connectivity index (χ2n) is 3.95. The van der Waals surface area contributed by atoms with E-state index in [0.29, 0.717) is 11.9 Å². The molecule has 0 aliphatic carbocycles. The molecule has 0 aliphatic rings. The predicted octanol–water partition coefficient (Wildman–Crippen LogP) is 0.406. The zero-order valence-corrected chi connectivity index (χ0v) is 11.6. The molecule has 0 amide bonds. The van der Waals surface area contributed by atoms with Crippen LogP contribution in [0.4, 0.5) is 11.9 Å². The summed E-state index contributed by atoms with van der Waals surface area (Å²) in [6.07, 6.45) is 4.37. The van der Waals surface area contributed by atoms with Gasteiger partial charge >= 0.3 is 6.01 Å². The molecule has 108 valence electrons. The quantitative estimate of drug-likeness (QED) is 0.669. The van der Waals surface area contributed by atoms with Gasteiger partial charge in [0, 0.05) is 25.8 Å². The molecule has 0 fully saturated rings. The number of methoxy groups -OCH3 is 1. The van der Waals surface area contributed by atoms with Crippen molar-refractivity contribution in [3.63, 3.8) is 0 Å². The van der Waals surface area contributed by atoms with Crippen molar-refractivity contribution >= 4 is 11.9 Å². The number of rotatable bonds is 8. The van der Waals surface area contributed by atoms with Gasteiger partial charge in [0.2, 0.25) is 11.9 Å². The maximum atomic E-state index is 5.04. The van der Waals surface area contributed by atoms with Gasteiger partial charge in [0.1, 0.15) is 0 Å². The molecule has 9 heteroatoms. The van der Waals surface area contributed by atoms with Crippen molar-refractivity contribution in [1.29, 1.82) is 0 Å². The van der Waals surface area contributed by atoms with Crippen molar-refractivity contribution in [3.05, 3.63) is 12.4 Å². The van der Waals surface area contributed by atoms with Crippen molar-refractivity contribution in [1.82, 2.24) is 29.9 Å². The Bertz CT molecular complexity index is 515. The number of nitrogens with one attached hydrogen (secondary N) is 2. The summed E-state index contributed by atoms with van der Waals surface area (Å²) in [6, 6.07) is 0.287. The number of nitrogens with zero attached hydrogens (tertiary/aromatic N) is 6. The predicted molar refractivity (Wildman–Crippen MR) is 73.7 cm³/mol. The second kappa shape index (κ2) is 7.22. The monoisotopic (exact) mass is 278 g/mol. The molecule has 9 nitrogen and oxygen atoms in total. The summed E-state index contributed by atoms with van der Waals surface area (Å²) < 4.78 is 6.82. The van der Waals surface area contributed by atoms with Gasteiger partial charge in [-0.05, 0) is 13.3 Å². The summed E-state index contributed by atoms with van der Waals surface area (Å²) in [5.41, 5.74) is 0. The van der Waals surface area contributed by atoms with Gasteiger partial charge in [-0.25, -0.2) is 0 Å². The van der Waals surface area contributed by atoms with E-state index in [1.54, 1.807) is 10.9 Å². The Labute approximate surface area is 116 Å². The number of hydrogen-bond acceptors (Lipinski definition) is 8. The molecule has 0 bridgehead atoms. The molecule has 2 heterocycles. The maximum absolute atomic E-state index is 5.04. The summed E-state index contributed by atoms with van der Waals surface area (Å²) in [6.45, 7) is 4.22. The van der Waals surface area contributed by atoms with Crippen molar-refractivity contribution in [2.45, 2.75) is 19.9 Å². The molecule has 0 spiro atoms. The molecular weight excluding hydrogens is 260 g/mol. The summed E-state index contributed by atoms with van der Waals surface area (Å²) in [5.74, 6) is 0.990. The molecule has 0 saturated carbocycles.